The van der Waals surface area contributed by atoms with E-state index in [1.54, 1.807) is 6.07 Å². The molecule has 1 aromatic rings. The summed E-state index contributed by atoms with van der Waals surface area (Å²) in [6.07, 6.45) is 2.21. The molecule has 1 aliphatic rings. The third-order valence-electron chi connectivity index (χ3n) is 3.01. The molecule has 1 aliphatic heterocycles. The quantitative estimate of drug-likeness (QED) is 0.822. The van der Waals surface area contributed by atoms with Gasteiger partial charge in [0.25, 0.3) is 0 Å². The smallest absolute Gasteiger partial charge is 0.354 e. The summed E-state index contributed by atoms with van der Waals surface area (Å²) in [6, 6.07) is 2.95. The second-order valence-electron chi connectivity index (χ2n) is 4.47. The average molecular weight is 249 g/mol. The van der Waals surface area contributed by atoms with Crippen LogP contribution >= 0.6 is 0 Å². The van der Waals surface area contributed by atoms with Crippen molar-refractivity contribution < 1.29 is 14.7 Å². The van der Waals surface area contributed by atoms with Crippen LogP contribution in [-0.2, 0) is 4.79 Å². The molecule has 0 radical (unpaired) electrons. The third-order valence-corrected chi connectivity index (χ3v) is 3.01. The van der Waals surface area contributed by atoms with Crippen LogP contribution in [0.15, 0.2) is 18.3 Å². The summed E-state index contributed by atoms with van der Waals surface area (Å²) in [6.45, 7) is 1.65. The molecule has 1 fully saturated rings. The summed E-state index contributed by atoms with van der Waals surface area (Å²) in [5.74, 6) is -1.20. The van der Waals surface area contributed by atoms with E-state index < -0.39 is 5.97 Å². The highest BCUT2D eigenvalue weighted by Gasteiger charge is 2.26. The Morgan fingerprint density at radius 2 is 2.33 bits per heavy atom. The molecule has 0 bridgehead atoms. The van der Waals surface area contributed by atoms with Crippen molar-refractivity contribution in [2.24, 2.45) is 5.92 Å². The molecule has 2 heterocycles. The van der Waals surface area contributed by atoms with Gasteiger partial charge in [-0.05, 0) is 32.1 Å². The highest BCUT2D eigenvalue weighted by Crippen LogP contribution is 2.17. The zero-order valence-corrected chi connectivity index (χ0v) is 10.1. The minimum Gasteiger partial charge on any atom is -0.477 e. The van der Waals surface area contributed by atoms with Crippen LogP contribution in [0.4, 0.5) is 5.69 Å². The summed E-state index contributed by atoms with van der Waals surface area (Å²) >= 11 is 0. The minimum atomic E-state index is -1.10. The van der Waals surface area contributed by atoms with E-state index in [9.17, 15) is 9.59 Å². The number of carbonyl (C=O) groups excluding carboxylic acids is 1. The van der Waals surface area contributed by atoms with E-state index in [-0.39, 0.29) is 17.5 Å². The molecule has 2 rings (SSSR count). The monoisotopic (exact) mass is 249 g/mol. The predicted molar refractivity (Wildman–Crippen MR) is 65.4 cm³/mol. The van der Waals surface area contributed by atoms with E-state index in [1.807, 2.05) is 7.05 Å². The maximum Gasteiger partial charge on any atom is 0.354 e. The predicted octanol–water partition coefficient (Wildman–Crippen LogP) is 0.670. The van der Waals surface area contributed by atoms with Gasteiger partial charge in [-0.3, -0.25) is 4.79 Å². The Labute approximate surface area is 105 Å². The van der Waals surface area contributed by atoms with E-state index in [4.69, 9.17) is 5.11 Å². The summed E-state index contributed by atoms with van der Waals surface area (Å²) in [5, 5.41) is 11.5. The summed E-state index contributed by atoms with van der Waals surface area (Å²) in [5.41, 5.74) is 0.401. The number of hydrogen-bond donors (Lipinski definition) is 2. The first kappa shape index (κ1) is 12.5. The maximum atomic E-state index is 11.9. The number of pyridine rings is 1. The van der Waals surface area contributed by atoms with Gasteiger partial charge in [-0.1, -0.05) is 0 Å². The van der Waals surface area contributed by atoms with Crippen LogP contribution in [0, 0.1) is 5.92 Å². The fraction of sp³-hybridized carbons (Fsp3) is 0.417. The van der Waals surface area contributed by atoms with Crippen molar-refractivity contribution >= 4 is 17.6 Å². The number of rotatable bonds is 3. The fourth-order valence-electron chi connectivity index (χ4n) is 2.02. The van der Waals surface area contributed by atoms with Crippen LogP contribution in [0.25, 0.3) is 0 Å². The molecule has 6 heteroatoms. The zero-order chi connectivity index (χ0) is 13.1. The Balaban J connectivity index is 2.03. The Hall–Kier alpha value is -1.95. The molecule has 6 nitrogen and oxygen atoms in total. The van der Waals surface area contributed by atoms with Gasteiger partial charge in [-0.15, -0.1) is 0 Å². The minimum absolute atomic E-state index is 0.0311. The third kappa shape index (κ3) is 2.84. The average Bonchev–Trinajstić information content (AvgIpc) is 2.76. The molecule has 1 aromatic heterocycles. The number of nitrogens with one attached hydrogen (secondary N) is 1. The number of likely N-dealkylation sites (tertiary alicyclic amines) is 1. The van der Waals surface area contributed by atoms with Gasteiger partial charge in [-0.2, -0.15) is 0 Å². The molecule has 1 amide bonds. The first-order chi connectivity index (χ1) is 8.56. The van der Waals surface area contributed by atoms with Crippen molar-refractivity contribution in [3.63, 3.8) is 0 Å². The molecule has 0 saturated carbocycles. The van der Waals surface area contributed by atoms with Crippen LogP contribution in [0.1, 0.15) is 16.9 Å². The van der Waals surface area contributed by atoms with Crippen molar-refractivity contribution in [3.8, 4) is 0 Å². The van der Waals surface area contributed by atoms with Crippen LogP contribution in [0.5, 0.6) is 0 Å². The first-order valence-electron chi connectivity index (χ1n) is 5.75. The van der Waals surface area contributed by atoms with Crippen LogP contribution in [0.3, 0.4) is 0 Å². The standard InChI is InChI=1S/C12H15N3O3/c1-15-5-3-8(7-15)11(16)14-9-2-4-13-10(6-9)12(17)18/h2,4,6,8H,3,5,7H2,1H3,(H,17,18)(H,13,14,16). The molecule has 18 heavy (non-hydrogen) atoms. The molecule has 1 unspecified atom stereocenters. The summed E-state index contributed by atoms with van der Waals surface area (Å²) < 4.78 is 0. The van der Waals surface area contributed by atoms with Gasteiger partial charge in [0.15, 0.2) is 0 Å². The molecule has 96 valence electrons. The number of aromatic nitrogens is 1. The molecule has 1 atom stereocenters. The van der Waals surface area contributed by atoms with E-state index in [2.05, 4.69) is 15.2 Å². The van der Waals surface area contributed by atoms with Gasteiger partial charge in [0, 0.05) is 18.4 Å². The number of hydrogen-bond acceptors (Lipinski definition) is 4. The molecule has 2 N–H and O–H groups in total. The number of anilines is 1. The lowest BCUT2D eigenvalue weighted by atomic mass is 10.1. The molecular weight excluding hydrogens is 234 g/mol. The van der Waals surface area contributed by atoms with Crippen molar-refractivity contribution in [2.75, 3.05) is 25.5 Å². The van der Waals surface area contributed by atoms with E-state index in [0.29, 0.717) is 5.69 Å². The van der Waals surface area contributed by atoms with Crippen molar-refractivity contribution in [1.29, 1.82) is 0 Å². The van der Waals surface area contributed by atoms with Gasteiger partial charge in [-0.25, -0.2) is 9.78 Å². The molecule has 0 aromatic carbocycles. The Morgan fingerprint density at radius 1 is 1.56 bits per heavy atom. The molecule has 1 saturated heterocycles. The maximum absolute atomic E-state index is 11.9. The Kier molecular flexibility index (Phi) is 3.57. The van der Waals surface area contributed by atoms with E-state index in [1.165, 1.54) is 12.3 Å². The highest BCUT2D eigenvalue weighted by atomic mass is 16.4. The molecule has 0 aliphatic carbocycles. The van der Waals surface area contributed by atoms with Gasteiger partial charge >= 0.3 is 5.97 Å². The van der Waals surface area contributed by atoms with Gasteiger partial charge in [0.1, 0.15) is 5.69 Å². The van der Waals surface area contributed by atoms with Crippen molar-refractivity contribution in [2.45, 2.75) is 6.42 Å². The number of aromatic carboxylic acids is 1. The number of carboxylic acid groups (broad SMARTS) is 1. The topological polar surface area (TPSA) is 82.5 Å². The summed E-state index contributed by atoms with van der Waals surface area (Å²) in [7, 11) is 1.97. The lowest BCUT2D eigenvalue weighted by Gasteiger charge is -2.11. The number of amides is 1. The fourth-order valence-corrected chi connectivity index (χ4v) is 2.02. The lowest BCUT2D eigenvalue weighted by molar-refractivity contribution is -0.119. The first-order valence-corrected chi connectivity index (χ1v) is 5.75. The van der Waals surface area contributed by atoms with Crippen molar-refractivity contribution in [1.82, 2.24) is 9.88 Å². The Morgan fingerprint density at radius 3 is 2.94 bits per heavy atom. The molecular formula is C12H15N3O3. The van der Waals surface area contributed by atoms with E-state index >= 15 is 0 Å². The number of carbonyl (C=O) groups is 2. The Bertz CT molecular complexity index is 475. The van der Waals surface area contributed by atoms with Gasteiger partial charge in [0.2, 0.25) is 5.91 Å². The van der Waals surface area contributed by atoms with Crippen molar-refractivity contribution in [3.05, 3.63) is 24.0 Å². The highest BCUT2D eigenvalue weighted by molar-refractivity contribution is 5.94. The van der Waals surface area contributed by atoms with E-state index in [0.717, 1.165) is 19.5 Å². The zero-order valence-electron chi connectivity index (χ0n) is 10.1. The molecule has 0 spiro atoms. The largest absolute Gasteiger partial charge is 0.477 e. The van der Waals surface area contributed by atoms with Crippen LogP contribution in [-0.4, -0.2) is 47.0 Å². The van der Waals surface area contributed by atoms with Crippen LogP contribution < -0.4 is 5.32 Å². The SMILES string of the molecule is CN1CCC(C(=O)Nc2ccnc(C(=O)O)c2)C1. The number of carboxylic acids is 1. The van der Waals surface area contributed by atoms with Gasteiger partial charge < -0.3 is 15.3 Å². The summed E-state index contributed by atoms with van der Waals surface area (Å²) in [4.78, 5) is 28.5. The van der Waals surface area contributed by atoms with Gasteiger partial charge in [0.05, 0.1) is 5.92 Å². The second kappa shape index (κ2) is 5.14. The normalized spacial score (nSPS) is 19.7. The lowest BCUT2D eigenvalue weighted by Crippen LogP contribution is -2.25. The van der Waals surface area contributed by atoms with Crippen LogP contribution in [0.2, 0.25) is 0 Å². The second-order valence-corrected chi connectivity index (χ2v) is 4.47. The number of nitrogens with zero attached hydrogens (tertiary/aromatic N) is 2.